The van der Waals surface area contributed by atoms with Crippen LogP contribution in [0.25, 0.3) is 0 Å². The van der Waals surface area contributed by atoms with Gasteiger partial charge in [-0.15, -0.1) is 0 Å². The van der Waals surface area contributed by atoms with E-state index >= 15 is 0 Å². The molecule has 0 bridgehead atoms. The monoisotopic (exact) mass is 246 g/mol. The van der Waals surface area contributed by atoms with Crippen molar-refractivity contribution < 1.29 is 4.79 Å². The van der Waals surface area contributed by atoms with E-state index < -0.39 is 5.54 Å². The van der Waals surface area contributed by atoms with E-state index in [2.05, 4.69) is 19.2 Å². The third-order valence-corrected chi connectivity index (χ3v) is 4.44. The van der Waals surface area contributed by atoms with Gasteiger partial charge in [-0.25, -0.2) is 0 Å². The Balaban J connectivity index is 2.29. The Kier molecular flexibility index (Phi) is 3.60. The number of carbonyl (C=O) groups excluding carboxylic acids is 1. The fourth-order valence-corrected chi connectivity index (χ4v) is 3.03. The zero-order valence-corrected chi connectivity index (χ0v) is 11.1. The van der Waals surface area contributed by atoms with Crippen LogP contribution in [0.4, 0.5) is 5.69 Å². The fourth-order valence-electron chi connectivity index (χ4n) is 3.03. The van der Waals surface area contributed by atoms with Gasteiger partial charge in [0.2, 0.25) is 5.91 Å². The van der Waals surface area contributed by atoms with E-state index in [1.165, 1.54) is 6.42 Å². The summed E-state index contributed by atoms with van der Waals surface area (Å²) in [5, 5.41) is 3.40. The predicted octanol–water partition coefficient (Wildman–Crippen LogP) is 2.78. The maximum absolute atomic E-state index is 12.0. The number of hydrogen-bond acceptors (Lipinski definition) is 2. The second kappa shape index (κ2) is 5.01. The molecular weight excluding hydrogens is 224 g/mol. The molecule has 1 aromatic carbocycles. The van der Waals surface area contributed by atoms with Gasteiger partial charge in [-0.05, 0) is 30.4 Å². The number of rotatable bonds is 3. The van der Waals surface area contributed by atoms with Crippen molar-refractivity contribution >= 4 is 11.6 Å². The van der Waals surface area contributed by atoms with E-state index in [9.17, 15) is 4.79 Å². The lowest BCUT2D eigenvalue weighted by atomic mass is 9.67. The molecule has 0 aliphatic heterocycles. The molecule has 0 heterocycles. The van der Waals surface area contributed by atoms with Crippen LogP contribution < -0.4 is 11.1 Å². The minimum Gasteiger partial charge on any atom is -0.371 e. The molecular formula is C15H22N2O. The van der Waals surface area contributed by atoms with E-state index in [4.69, 9.17) is 5.73 Å². The van der Waals surface area contributed by atoms with Crippen LogP contribution in [0.5, 0.6) is 0 Å². The lowest BCUT2D eigenvalue weighted by Crippen LogP contribution is -2.58. The standard InChI is InChI=1S/C15H22N2O/c1-11-7-6-10-15(12(11)2,14(16)18)17-13-8-4-3-5-9-13/h3-5,8-9,11-12,17H,6-7,10H2,1-2H3,(H2,16,18). The van der Waals surface area contributed by atoms with Crippen LogP contribution in [0.15, 0.2) is 30.3 Å². The summed E-state index contributed by atoms with van der Waals surface area (Å²) in [6.45, 7) is 4.33. The Hall–Kier alpha value is -1.51. The van der Waals surface area contributed by atoms with Crippen LogP contribution >= 0.6 is 0 Å². The number of primary amides is 1. The van der Waals surface area contributed by atoms with Crippen molar-refractivity contribution in [3.63, 3.8) is 0 Å². The minimum atomic E-state index is -0.598. The van der Waals surface area contributed by atoms with Crippen molar-refractivity contribution in [1.29, 1.82) is 0 Å². The summed E-state index contributed by atoms with van der Waals surface area (Å²) in [6, 6.07) is 9.87. The lowest BCUT2D eigenvalue weighted by molar-refractivity contribution is -0.125. The molecule has 3 atom stereocenters. The Morgan fingerprint density at radius 1 is 1.33 bits per heavy atom. The molecule has 1 amide bonds. The average Bonchev–Trinajstić information content (AvgIpc) is 2.36. The molecule has 1 aliphatic rings. The molecule has 1 fully saturated rings. The molecule has 0 aromatic heterocycles. The first kappa shape index (κ1) is 12.9. The van der Waals surface area contributed by atoms with Crippen molar-refractivity contribution in [1.82, 2.24) is 0 Å². The molecule has 0 spiro atoms. The highest BCUT2D eigenvalue weighted by atomic mass is 16.1. The number of para-hydroxylation sites is 1. The molecule has 3 nitrogen and oxygen atoms in total. The van der Waals surface area contributed by atoms with E-state index in [-0.39, 0.29) is 11.8 Å². The SMILES string of the molecule is CC1CCCC(Nc2ccccc2)(C(N)=O)C1C. The molecule has 3 heteroatoms. The number of hydrogen-bond donors (Lipinski definition) is 2. The molecule has 98 valence electrons. The number of nitrogens with one attached hydrogen (secondary N) is 1. The zero-order chi connectivity index (χ0) is 13.2. The molecule has 1 aromatic rings. The number of carbonyl (C=O) groups is 1. The van der Waals surface area contributed by atoms with Gasteiger partial charge in [0.15, 0.2) is 0 Å². The Morgan fingerprint density at radius 3 is 2.61 bits per heavy atom. The molecule has 0 radical (unpaired) electrons. The summed E-state index contributed by atoms with van der Waals surface area (Å²) in [7, 11) is 0. The van der Waals surface area contributed by atoms with Gasteiger partial charge in [0.05, 0.1) is 0 Å². The van der Waals surface area contributed by atoms with Crippen LogP contribution in [0, 0.1) is 11.8 Å². The molecule has 3 unspecified atom stereocenters. The van der Waals surface area contributed by atoms with Crippen molar-refractivity contribution in [2.75, 3.05) is 5.32 Å². The predicted molar refractivity (Wildman–Crippen MR) is 74.2 cm³/mol. The molecule has 3 N–H and O–H groups in total. The highest BCUT2D eigenvalue weighted by Crippen LogP contribution is 2.39. The first-order valence-electron chi connectivity index (χ1n) is 6.69. The topological polar surface area (TPSA) is 55.1 Å². The largest absolute Gasteiger partial charge is 0.371 e. The van der Waals surface area contributed by atoms with Gasteiger partial charge in [0.1, 0.15) is 5.54 Å². The van der Waals surface area contributed by atoms with Crippen molar-refractivity contribution in [3.8, 4) is 0 Å². The maximum atomic E-state index is 12.0. The Labute approximate surface area is 109 Å². The molecule has 18 heavy (non-hydrogen) atoms. The minimum absolute atomic E-state index is 0.231. The van der Waals surface area contributed by atoms with Gasteiger partial charge in [-0.2, -0.15) is 0 Å². The highest BCUT2D eigenvalue weighted by Gasteiger charge is 2.46. The smallest absolute Gasteiger partial charge is 0.243 e. The van der Waals surface area contributed by atoms with Gasteiger partial charge >= 0.3 is 0 Å². The van der Waals surface area contributed by atoms with Gasteiger partial charge in [-0.1, -0.05) is 44.9 Å². The first-order chi connectivity index (χ1) is 8.56. The highest BCUT2D eigenvalue weighted by molar-refractivity contribution is 5.88. The Morgan fingerprint density at radius 2 is 2.00 bits per heavy atom. The fraction of sp³-hybridized carbons (Fsp3) is 0.533. The first-order valence-corrected chi connectivity index (χ1v) is 6.69. The molecule has 1 saturated carbocycles. The summed E-state index contributed by atoms with van der Waals surface area (Å²) in [6.07, 6.45) is 3.05. The number of anilines is 1. The molecule has 2 rings (SSSR count). The average molecular weight is 246 g/mol. The second-order valence-electron chi connectivity index (χ2n) is 5.48. The summed E-state index contributed by atoms with van der Waals surface area (Å²) < 4.78 is 0. The third kappa shape index (κ3) is 2.22. The number of nitrogens with two attached hydrogens (primary N) is 1. The van der Waals surface area contributed by atoms with Gasteiger partial charge in [0, 0.05) is 5.69 Å². The van der Waals surface area contributed by atoms with Crippen molar-refractivity contribution in [2.45, 2.75) is 38.6 Å². The van der Waals surface area contributed by atoms with E-state index in [1.807, 2.05) is 30.3 Å². The van der Waals surface area contributed by atoms with Crippen LogP contribution in [-0.2, 0) is 4.79 Å². The normalized spacial score (nSPS) is 31.9. The van der Waals surface area contributed by atoms with Crippen molar-refractivity contribution in [2.24, 2.45) is 17.6 Å². The molecule has 0 saturated heterocycles. The van der Waals surface area contributed by atoms with Crippen LogP contribution in [-0.4, -0.2) is 11.4 Å². The van der Waals surface area contributed by atoms with E-state index in [1.54, 1.807) is 0 Å². The quantitative estimate of drug-likeness (QED) is 0.861. The van der Waals surface area contributed by atoms with Crippen molar-refractivity contribution in [3.05, 3.63) is 30.3 Å². The second-order valence-corrected chi connectivity index (χ2v) is 5.48. The third-order valence-electron chi connectivity index (χ3n) is 4.44. The van der Waals surface area contributed by atoms with E-state index in [0.717, 1.165) is 18.5 Å². The summed E-state index contributed by atoms with van der Waals surface area (Å²) in [5.41, 5.74) is 6.07. The number of benzene rings is 1. The lowest BCUT2D eigenvalue weighted by Gasteiger charge is -2.44. The number of amides is 1. The maximum Gasteiger partial charge on any atom is 0.243 e. The van der Waals surface area contributed by atoms with Crippen LogP contribution in [0.1, 0.15) is 33.1 Å². The van der Waals surface area contributed by atoms with Gasteiger partial charge < -0.3 is 11.1 Å². The summed E-state index contributed by atoms with van der Waals surface area (Å²) in [4.78, 5) is 12.0. The van der Waals surface area contributed by atoms with Crippen LogP contribution in [0.2, 0.25) is 0 Å². The Bertz CT molecular complexity index is 418. The van der Waals surface area contributed by atoms with Gasteiger partial charge in [0.25, 0.3) is 0 Å². The molecule has 1 aliphatic carbocycles. The van der Waals surface area contributed by atoms with Gasteiger partial charge in [-0.3, -0.25) is 4.79 Å². The van der Waals surface area contributed by atoms with E-state index in [0.29, 0.717) is 5.92 Å². The zero-order valence-electron chi connectivity index (χ0n) is 11.1. The van der Waals surface area contributed by atoms with Crippen LogP contribution in [0.3, 0.4) is 0 Å². The summed E-state index contributed by atoms with van der Waals surface area (Å²) >= 11 is 0. The summed E-state index contributed by atoms with van der Waals surface area (Å²) in [5.74, 6) is 0.539.